The number of rotatable bonds is 7. The molecule has 1 amide bonds. The van der Waals surface area contributed by atoms with Gasteiger partial charge >= 0.3 is 6.09 Å². The van der Waals surface area contributed by atoms with E-state index in [1.807, 2.05) is 61.5 Å². The van der Waals surface area contributed by atoms with Crippen molar-refractivity contribution in [3.63, 3.8) is 0 Å². The normalized spacial score (nSPS) is 19.0. The Labute approximate surface area is 210 Å². The van der Waals surface area contributed by atoms with Crippen molar-refractivity contribution in [2.24, 2.45) is 0 Å². The van der Waals surface area contributed by atoms with Gasteiger partial charge in [-0.25, -0.2) is 4.79 Å². The first-order valence-corrected chi connectivity index (χ1v) is 11.9. The highest BCUT2D eigenvalue weighted by Gasteiger charge is 2.41. The molecule has 1 heterocycles. The topological polar surface area (TPSA) is 119 Å². The number of nitrogen functional groups attached to an aromatic ring is 1. The first-order chi connectivity index (χ1) is 17.0. The molecule has 0 aliphatic carbocycles. The van der Waals surface area contributed by atoms with Crippen LogP contribution in [0.3, 0.4) is 0 Å². The summed E-state index contributed by atoms with van der Waals surface area (Å²) in [7, 11) is 0. The Bertz CT molecular complexity index is 1240. The second-order valence-corrected chi connectivity index (χ2v) is 9.93. The number of benzene rings is 3. The van der Waals surface area contributed by atoms with Crippen LogP contribution in [0.25, 0.3) is 11.1 Å². The van der Waals surface area contributed by atoms with Crippen LogP contribution in [0.15, 0.2) is 72.8 Å². The SMILES string of the molecule is C[C@@H](c1ccc(-c2ccc(N)c([N+](=O)[O-])c2)cc1)N1C(=O)OC(c2ccccc2)CC1CC(C)(C)O. The Morgan fingerprint density at radius 3 is 2.36 bits per heavy atom. The molecule has 1 saturated heterocycles. The van der Waals surface area contributed by atoms with Crippen molar-refractivity contribution in [3.8, 4) is 11.1 Å². The standard InChI is InChI=1S/C28H31N3O5/c1-18(19-9-11-20(12-10-19)22-13-14-24(29)25(15-22)31(34)35)30-23(17-28(2,3)33)16-26(36-27(30)32)21-7-5-4-6-8-21/h4-15,18,23,26,33H,16-17,29H2,1-3H3/t18-,23?,26?/m0/s1. The van der Waals surface area contributed by atoms with Gasteiger partial charge in [-0.1, -0.05) is 60.7 Å². The molecule has 0 saturated carbocycles. The number of hydrogen-bond donors (Lipinski definition) is 2. The highest BCUT2D eigenvalue weighted by Crippen LogP contribution is 2.39. The van der Waals surface area contributed by atoms with E-state index >= 15 is 0 Å². The summed E-state index contributed by atoms with van der Waals surface area (Å²) in [5, 5.41) is 21.8. The van der Waals surface area contributed by atoms with Crippen molar-refractivity contribution >= 4 is 17.5 Å². The van der Waals surface area contributed by atoms with E-state index in [1.165, 1.54) is 12.1 Å². The summed E-state index contributed by atoms with van der Waals surface area (Å²) >= 11 is 0. The molecule has 1 fully saturated rings. The van der Waals surface area contributed by atoms with E-state index in [0.29, 0.717) is 18.4 Å². The number of carbonyl (C=O) groups is 1. The van der Waals surface area contributed by atoms with E-state index in [4.69, 9.17) is 10.5 Å². The first kappa shape index (κ1) is 25.2. The number of amides is 1. The summed E-state index contributed by atoms with van der Waals surface area (Å²) in [5.41, 5.74) is 8.04. The molecular weight excluding hydrogens is 458 g/mol. The Hall–Kier alpha value is -3.91. The van der Waals surface area contributed by atoms with E-state index in [9.17, 15) is 20.0 Å². The zero-order chi connectivity index (χ0) is 26.0. The molecule has 3 atom stereocenters. The Morgan fingerprint density at radius 2 is 1.75 bits per heavy atom. The molecule has 0 aromatic heterocycles. The van der Waals surface area contributed by atoms with E-state index < -0.39 is 16.6 Å². The smallest absolute Gasteiger partial charge is 0.411 e. The number of nitro benzene ring substituents is 1. The van der Waals surface area contributed by atoms with Gasteiger partial charge in [-0.15, -0.1) is 0 Å². The largest absolute Gasteiger partial charge is 0.441 e. The molecule has 4 rings (SSSR count). The molecule has 188 valence electrons. The van der Waals surface area contributed by atoms with Gasteiger partial charge < -0.3 is 15.6 Å². The molecule has 3 aromatic rings. The Morgan fingerprint density at radius 1 is 1.11 bits per heavy atom. The van der Waals surface area contributed by atoms with E-state index in [1.54, 1.807) is 24.8 Å². The predicted molar refractivity (Wildman–Crippen MR) is 138 cm³/mol. The van der Waals surface area contributed by atoms with Gasteiger partial charge in [0.1, 0.15) is 11.8 Å². The minimum Gasteiger partial charge on any atom is -0.441 e. The summed E-state index contributed by atoms with van der Waals surface area (Å²) in [5.74, 6) is 0. The van der Waals surface area contributed by atoms with Crippen LogP contribution in [0.5, 0.6) is 0 Å². The van der Waals surface area contributed by atoms with Gasteiger partial charge in [0.05, 0.1) is 16.6 Å². The monoisotopic (exact) mass is 489 g/mol. The van der Waals surface area contributed by atoms with Gasteiger partial charge in [0.25, 0.3) is 5.69 Å². The number of nitro groups is 1. The average molecular weight is 490 g/mol. The van der Waals surface area contributed by atoms with Crippen LogP contribution in [-0.4, -0.2) is 32.7 Å². The van der Waals surface area contributed by atoms with Gasteiger partial charge in [0, 0.05) is 18.5 Å². The third-order valence-electron chi connectivity index (χ3n) is 6.61. The fourth-order valence-electron chi connectivity index (χ4n) is 4.84. The Kier molecular flexibility index (Phi) is 6.99. The molecule has 0 radical (unpaired) electrons. The molecule has 0 spiro atoms. The van der Waals surface area contributed by atoms with Crippen LogP contribution in [0.2, 0.25) is 0 Å². The van der Waals surface area contributed by atoms with Crippen molar-refractivity contribution in [2.75, 3.05) is 5.73 Å². The molecule has 0 bridgehead atoms. The fourth-order valence-corrected chi connectivity index (χ4v) is 4.84. The van der Waals surface area contributed by atoms with Crippen LogP contribution >= 0.6 is 0 Å². The molecule has 1 aliphatic heterocycles. The molecule has 3 aromatic carbocycles. The maximum absolute atomic E-state index is 13.3. The van der Waals surface area contributed by atoms with Crippen LogP contribution < -0.4 is 5.73 Å². The van der Waals surface area contributed by atoms with Crippen LogP contribution in [0.1, 0.15) is 56.9 Å². The van der Waals surface area contributed by atoms with Gasteiger partial charge in [-0.05, 0) is 55.5 Å². The summed E-state index contributed by atoms with van der Waals surface area (Å²) in [4.78, 5) is 25.7. The lowest BCUT2D eigenvalue weighted by atomic mass is 9.89. The molecule has 2 unspecified atom stereocenters. The number of anilines is 1. The second-order valence-electron chi connectivity index (χ2n) is 9.93. The fraction of sp³-hybridized carbons (Fsp3) is 0.321. The van der Waals surface area contributed by atoms with Crippen LogP contribution in [0.4, 0.5) is 16.2 Å². The summed E-state index contributed by atoms with van der Waals surface area (Å²) < 4.78 is 5.84. The average Bonchev–Trinajstić information content (AvgIpc) is 2.83. The maximum atomic E-state index is 13.3. The number of hydrogen-bond acceptors (Lipinski definition) is 6. The highest BCUT2D eigenvalue weighted by atomic mass is 16.6. The van der Waals surface area contributed by atoms with Crippen molar-refractivity contribution in [2.45, 2.75) is 57.4 Å². The van der Waals surface area contributed by atoms with Gasteiger partial charge in [0.15, 0.2) is 0 Å². The second kappa shape index (κ2) is 9.99. The quantitative estimate of drug-likeness (QED) is 0.238. The maximum Gasteiger partial charge on any atom is 0.411 e. The summed E-state index contributed by atoms with van der Waals surface area (Å²) in [6, 6.07) is 21.4. The van der Waals surface area contributed by atoms with E-state index in [2.05, 4.69) is 0 Å². The molecule has 8 heteroatoms. The van der Waals surface area contributed by atoms with Crippen molar-refractivity contribution < 1.29 is 19.6 Å². The van der Waals surface area contributed by atoms with Crippen LogP contribution in [-0.2, 0) is 4.74 Å². The zero-order valence-corrected chi connectivity index (χ0v) is 20.6. The molecular formula is C28H31N3O5. The number of carbonyl (C=O) groups excluding carboxylic acids is 1. The minimum absolute atomic E-state index is 0.115. The molecule has 36 heavy (non-hydrogen) atoms. The van der Waals surface area contributed by atoms with Gasteiger partial charge in [0.2, 0.25) is 0 Å². The third kappa shape index (κ3) is 5.49. The lowest BCUT2D eigenvalue weighted by molar-refractivity contribution is -0.383. The molecule has 8 nitrogen and oxygen atoms in total. The number of nitrogens with two attached hydrogens (primary N) is 1. The lowest BCUT2D eigenvalue weighted by Gasteiger charge is -2.44. The number of aliphatic hydroxyl groups is 1. The highest BCUT2D eigenvalue weighted by molar-refractivity contribution is 5.73. The van der Waals surface area contributed by atoms with Crippen LogP contribution in [0, 0.1) is 10.1 Å². The number of cyclic esters (lactones) is 1. The zero-order valence-electron chi connectivity index (χ0n) is 20.6. The predicted octanol–water partition coefficient (Wildman–Crippen LogP) is 6.02. The molecule has 1 aliphatic rings. The number of ether oxygens (including phenoxy) is 1. The van der Waals surface area contributed by atoms with Gasteiger partial charge in [-0.2, -0.15) is 0 Å². The van der Waals surface area contributed by atoms with Crippen molar-refractivity contribution in [1.82, 2.24) is 4.90 Å². The minimum atomic E-state index is -0.963. The third-order valence-corrected chi connectivity index (χ3v) is 6.61. The molecule has 3 N–H and O–H groups in total. The first-order valence-electron chi connectivity index (χ1n) is 11.9. The van der Waals surface area contributed by atoms with E-state index in [0.717, 1.165) is 16.7 Å². The Balaban J connectivity index is 1.59. The van der Waals surface area contributed by atoms with Crippen molar-refractivity contribution in [1.29, 1.82) is 0 Å². The van der Waals surface area contributed by atoms with Crippen molar-refractivity contribution in [3.05, 3.63) is 94.0 Å². The summed E-state index contributed by atoms with van der Waals surface area (Å²) in [6.45, 7) is 5.42. The summed E-state index contributed by atoms with van der Waals surface area (Å²) in [6.07, 6.45) is 0.175. The van der Waals surface area contributed by atoms with E-state index in [-0.39, 0.29) is 29.6 Å². The number of nitrogens with zero attached hydrogens (tertiary/aromatic N) is 2. The van der Waals surface area contributed by atoms with Gasteiger partial charge in [-0.3, -0.25) is 15.0 Å². The lowest BCUT2D eigenvalue weighted by Crippen LogP contribution is -2.50.